The van der Waals surface area contributed by atoms with Crippen LogP contribution in [-0.2, 0) is 11.5 Å². The second-order valence-corrected chi connectivity index (χ2v) is 7.99. The molecule has 0 aliphatic carbocycles. The number of rotatable bonds is 4. The van der Waals surface area contributed by atoms with Crippen LogP contribution in [0.4, 0.5) is 5.69 Å². The van der Waals surface area contributed by atoms with Crippen LogP contribution in [0, 0.1) is 17.0 Å². The molecule has 3 aromatic rings. The summed E-state index contributed by atoms with van der Waals surface area (Å²) in [7, 11) is 0. The maximum Gasteiger partial charge on any atom is 0.269 e. The van der Waals surface area contributed by atoms with E-state index in [4.69, 9.17) is 4.98 Å². The third kappa shape index (κ3) is 3.45. The van der Waals surface area contributed by atoms with Gasteiger partial charge in [0.1, 0.15) is 0 Å². The van der Waals surface area contributed by atoms with E-state index in [1.165, 1.54) is 28.3 Å². The quantitative estimate of drug-likeness (QED) is 0.266. The second-order valence-electron chi connectivity index (χ2n) is 6.03. The van der Waals surface area contributed by atoms with Gasteiger partial charge in [-0.25, -0.2) is 9.97 Å². The van der Waals surface area contributed by atoms with E-state index < -0.39 is 0 Å². The zero-order valence-corrected chi connectivity index (χ0v) is 15.6. The second kappa shape index (κ2) is 7.09. The SMILES string of the molecule is Cc1ccc2c(c1)-c1nc(SCc3cccc([N+](=O)[O-])c3)ncc1CS2. The first-order chi connectivity index (χ1) is 12.6. The lowest BCUT2D eigenvalue weighted by Gasteiger charge is -2.19. The Hall–Kier alpha value is -2.38. The van der Waals surface area contributed by atoms with Crippen molar-refractivity contribution >= 4 is 29.2 Å². The fourth-order valence-corrected chi connectivity index (χ4v) is 4.57. The van der Waals surface area contributed by atoms with E-state index in [2.05, 4.69) is 30.1 Å². The molecule has 0 unspecified atom stereocenters. The van der Waals surface area contributed by atoms with Gasteiger partial charge in [-0.3, -0.25) is 10.1 Å². The molecule has 0 spiro atoms. The van der Waals surface area contributed by atoms with Gasteiger partial charge in [-0.1, -0.05) is 35.5 Å². The molecule has 1 aromatic heterocycles. The molecule has 2 aromatic carbocycles. The van der Waals surface area contributed by atoms with Crippen molar-refractivity contribution in [3.63, 3.8) is 0 Å². The molecule has 0 bridgehead atoms. The van der Waals surface area contributed by atoms with Crippen molar-refractivity contribution in [2.75, 3.05) is 0 Å². The Labute approximate surface area is 159 Å². The summed E-state index contributed by atoms with van der Waals surface area (Å²) in [5, 5.41) is 11.6. The molecule has 0 saturated heterocycles. The minimum absolute atomic E-state index is 0.107. The summed E-state index contributed by atoms with van der Waals surface area (Å²) in [6, 6.07) is 13.1. The topological polar surface area (TPSA) is 68.9 Å². The van der Waals surface area contributed by atoms with Crippen molar-refractivity contribution in [1.82, 2.24) is 9.97 Å². The highest BCUT2D eigenvalue weighted by Crippen LogP contribution is 2.41. The Bertz CT molecular complexity index is 1010. The van der Waals surface area contributed by atoms with Crippen molar-refractivity contribution in [2.24, 2.45) is 0 Å². The number of thioether (sulfide) groups is 2. The molecule has 1 aliphatic heterocycles. The predicted molar refractivity (Wildman–Crippen MR) is 104 cm³/mol. The summed E-state index contributed by atoms with van der Waals surface area (Å²) in [6.07, 6.45) is 1.90. The molecule has 7 heteroatoms. The van der Waals surface area contributed by atoms with Crippen LogP contribution in [0.1, 0.15) is 16.7 Å². The zero-order chi connectivity index (χ0) is 18.1. The maximum atomic E-state index is 10.9. The number of fused-ring (bicyclic) bond motifs is 3. The van der Waals surface area contributed by atoms with Gasteiger partial charge in [0.05, 0.1) is 10.6 Å². The van der Waals surface area contributed by atoms with Gasteiger partial charge in [-0.2, -0.15) is 0 Å². The molecule has 4 rings (SSSR count). The number of benzene rings is 2. The molecule has 0 amide bonds. The van der Waals surface area contributed by atoms with Gasteiger partial charge >= 0.3 is 0 Å². The first-order valence-electron chi connectivity index (χ1n) is 8.06. The third-order valence-electron chi connectivity index (χ3n) is 4.11. The Morgan fingerprint density at radius 3 is 3.00 bits per heavy atom. The van der Waals surface area contributed by atoms with E-state index in [1.54, 1.807) is 12.1 Å². The molecule has 0 fully saturated rings. The number of aryl methyl sites for hydroxylation is 1. The van der Waals surface area contributed by atoms with Gasteiger partial charge < -0.3 is 0 Å². The number of nitro groups is 1. The number of hydrogen-bond acceptors (Lipinski definition) is 6. The number of hydrogen-bond donors (Lipinski definition) is 0. The Balaban J connectivity index is 1.59. The van der Waals surface area contributed by atoms with Gasteiger partial charge in [-0.05, 0) is 24.6 Å². The summed E-state index contributed by atoms with van der Waals surface area (Å²) in [5.41, 5.74) is 5.51. The molecule has 0 radical (unpaired) electrons. The van der Waals surface area contributed by atoms with Crippen LogP contribution < -0.4 is 0 Å². The predicted octanol–water partition coefficient (Wildman–Crippen LogP) is 5.26. The lowest BCUT2D eigenvalue weighted by atomic mass is 10.1. The Kier molecular flexibility index (Phi) is 4.65. The monoisotopic (exact) mass is 381 g/mol. The molecular formula is C19H15N3O2S2. The number of nitro benzene ring substituents is 1. The number of aromatic nitrogens is 2. The fourth-order valence-electron chi connectivity index (χ4n) is 2.82. The molecule has 0 saturated carbocycles. The molecule has 130 valence electrons. The highest BCUT2D eigenvalue weighted by atomic mass is 32.2. The Morgan fingerprint density at radius 2 is 2.15 bits per heavy atom. The smallest absolute Gasteiger partial charge is 0.258 e. The third-order valence-corrected chi connectivity index (χ3v) is 6.16. The zero-order valence-electron chi connectivity index (χ0n) is 14.0. The van der Waals surface area contributed by atoms with Crippen molar-refractivity contribution in [2.45, 2.75) is 28.5 Å². The summed E-state index contributed by atoms with van der Waals surface area (Å²) in [5.74, 6) is 1.47. The van der Waals surface area contributed by atoms with Crippen LogP contribution in [0.2, 0.25) is 0 Å². The number of nitrogens with zero attached hydrogens (tertiary/aromatic N) is 3. The lowest BCUT2D eigenvalue weighted by molar-refractivity contribution is -0.384. The van der Waals surface area contributed by atoms with Crippen molar-refractivity contribution in [3.8, 4) is 11.3 Å². The first-order valence-corrected chi connectivity index (χ1v) is 10.0. The van der Waals surface area contributed by atoms with Crippen LogP contribution >= 0.6 is 23.5 Å². The van der Waals surface area contributed by atoms with E-state index in [0.29, 0.717) is 10.9 Å². The van der Waals surface area contributed by atoms with E-state index in [1.807, 2.05) is 24.0 Å². The normalized spacial score (nSPS) is 12.3. The van der Waals surface area contributed by atoms with Crippen LogP contribution in [0.15, 0.2) is 58.7 Å². The highest BCUT2D eigenvalue weighted by Gasteiger charge is 2.19. The first kappa shape index (κ1) is 17.1. The molecule has 0 N–H and O–H groups in total. The van der Waals surface area contributed by atoms with Crippen molar-refractivity contribution in [3.05, 3.63) is 75.5 Å². The van der Waals surface area contributed by atoms with Crippen molar-refractivity contribution < 1.29 is 4.92 Å². The van der Waals surface area contributed by atoms with E-state index in [0.717, 1.165) is 28.1 Å². The van der Waals surface area contributed by atoms with Crippen molar-refractivity contribution in [1.29, 1.82) is 0 Å². The van der Waals surface area contributed by atoms with Crippen LogP contribution in [0.3, 0.4) is 0 Å². The minimum atomic E-state index is -0.375. The average Bonchev–Trinajstić information content (AvgIpc) is 2.66. The summed E-state index contributed by atoms with van der Waals surface area (Å²) >= 11 is 3.30. The summed E-state index contributed by atoms with van der Waals surface area (Å²) in [4.78, 5) is 21.0. The summed E-state index contributed by atoms with van der Waals surface area (Å²) in [6.45, 7) is 2.08. The molecule has 26 heavy (non-hydrogen) atoms. The lowest BCUT2D eigenvalue weighted by Crippen LogP contribution is -2.02. The van der Waals surface area contributed by atoms with Gasteiger partial charge in [0.2, 0.25) is 0 Å². The maximum absolute atomic E-state index is 10.9. The molecule has 0 atom stereocenters. The molecular weight excluding hydrogens is 366 g/mol. The Morgan fingerprint density at radius 1 is 1.27 bits per heavy atom. The van der Waals surface area contributed by atoms with Gasteiger partial charge in [0.25, 0.3) is 5.69 Å². The van der Waals surface area contributed by atoms with Crippen LogP contribution in [0.5, 0.6) is 0 Å². The summed E-state index contributed by atoms with van der Waals surface area (Å²) < 4.78 is 0. The largest absolute Gasteiger partial charge is 0.269 e. The molecule has 2 heterocycles. The minimum Gasteiger partial charge on any atom is -0.258 e. The van der Waals surface area contributed by atoms with Gasteiger partial charge in [-0.15, -0.1) is 11.8 Å². The highest BCUT2D eigenvalue weighted by molar-refractivity contribution is 7.98. The van der Waals surface area contributed by atoms with Gasteiger partial charge in [0.15, 0.2) is 5.16 Å². The van der Waals surface area contributed by atoms with E-state index in [9.17, 15) is 10.1 Å². The molecule has 1 aliphatic rings. The number of non-ortho nitro benzene ring substituents is 1. The van der Waals surface area contributed by atoms with E-state index >= 15 is 0 Å². The van der Waals surface area contributed by atoms with Crippen LogP contribution in [0.25, 0.3) is 11.3 Å². The van der Waals surface area contributed by atoms with E-state index in [-0.39, 0.29) is 10.6 Å². The fraction of sp³-hybridized carbons (Fsp3) is 0.158. The van der Waals surface area contributed by atoms with Crippen LogP contribution in [-0.4, -0.2) is 14.9 Å². The molecule has 5 nitrogen and oxygen atoms in total. The average molecular weight is 381 g/mol. The van der Waals surface area contributed by atoms with Gasteiger partial charge in [0, 0.05) is 45.9 Å². The standard InChI is InChI=1S/C19H15N3O2S2/c1-12-5-6-17-16(7-12)18-14(11-25-17)9-20-19(21-18)26-10-13-3-2-4-15(8-13)22(23)24/h2-9H,10-11H2,1H3.